The molecule has 2 aliphatic rings. The van der Waals surface area contributed by atoms with Gasteiger partial charge in [0.25, 0.3) is 5.91 Å². The number of nitrogens with zero attached hydrogens (tertiary/aromatic N) is 4. The molecule has 0 radical (unpaired) electrons. The zero-order valence-corrected chi connectivity index (χ0v) is 23.0. The minimum absolute atomic E-state index is 0.224. The normalized spacial score (nSPS) is 17.8. The molecule has 0 bridgehead atoms. The summed E-state index contributed by atoms with van der Waals surface area (Å²) in [7, 11) is 1.49. The van der Waals surface area contributed by atoms with Crippen LogP contribution in [-0.4, -0.2) is 71.7 Å². The minimum Gasteiger partial charge on any atom is -0.497 e. The Morgan fingerprint density at radius 3 is 2.82 bits per heavy atom. The standard InChI is InChI=1S/C28H28ClFN4O4S/c1-36-19-3-4-20(22(30)15-19)26-27-23(31-28-34(27)10-13-39-28)6-7-33(26)25(35)17-38-24-5-2-18(14-21(24)29)16-32-8-11-37-12-9-32/h2-5,10,13-15,26H,6-9,11-12,16-17H2,1H3. The van der Waals surface area contributed by atoms with Gasteiger partial charge in [0.05, 0.1) is 36.7 Å². The average molecular weight is 571 g/mol. The summed E-state index contributed by atoms with van der Waals surface area (Å²) in [6.45, 7) is 4.16. The summed E-state index contributed by atoms with van der Waals surface area (Å²) in [5, 5.41) is 2.38. The molecule has 0 spiro atoms. The molecule has 2 aliphatic heterocycles. The third-order valence-electron chi connectivity index (χ3n) is 7.22. The molecule has 4 aromatic rings. The molecule has 11 heteroatoms. The van der Waals surface area contributed by atoms with Crippen molar-refractivity contribution in [1.29, 1.82) is 0 Å². The first kappa shape index (κ1) is 26.1. The maximum absolute atomic E-state index is 15.4. The van der Waals surface area contributed by atoms with Gasteiger partial charge >= 0.3 is 0 Å². The third kappa shape index (κ3) is 5.21. The number of morpholine rings is 1. The number of methoxy groups -OCH3 is 1. The van der Waals surface area contributed by atoms with Gasteiger partial charge in [0.1, 0.15) is 23.4 Å². The number of ether oxygens (including phenoxy) is 3. The summed E-state index contributed by atoms with van der Waals surface area (Å²) in [4.78, 5) is 23.1. The molecule has 39 heavy (non-hydrogen) atoms. The van der Waals surface area contributed by atoms with Crippen molar-refractivity contribution in [2.24, 2.45) is 0 Å². The molecule has 1 unspecified atom stereocenters. The van der Waals surface area contributed by atoms with Gasteiger partial charge < -0.3 is 19.1 Å². The van der Waals surface area contributed by atoms with E-state index in [2.05, 4.69) is 4.90 Å². The van der Waals surface area contributed by atoms with Crippen LogP contribution in [0.15, 0.2) is 48.0 Å². The molecule has 6 rings (SSSR count). The van der Waals surface area contributed by atoms with Crippen molar-refractivity contribution in [2.75, 3.05) is 46.6 Å². The predicted octanol–water partition coefficient (Wildman–Crippen LogP) is 4.58. The lowest BCUT2D eigenvalue weighted by molar-refractivity contribution is -0.135. The van der Waals surface area contributed by atoms with Crippen LogP contribution in [0, 0.1) is 5.82 Å². The first-order chi connectivity index (χ1) is 19.0. The smallest absolute Gasteiger partial charge is 0.261 e. The molecule has 2 aromatic heterocycles. The van der Waals surface area contributed by atoms with Gasteiger partial charge in [-0.15, -0.1) is 11.3 Å². The van der Waals surface area contributed by atoms with Gasteiger partial charge in [-0.2, -0.15) is 0 Å². The third-order valence-corrected chi connectivity index (χ3v) is 8.27. The van der Waals surface area contributed by atoms with Crippen molar-refractivity contribution in [3.05, 3.63) is 81.3 Å². The van der Waals surface area contributed by atoms with Gasteiger partial charge in [0, 0.05) is 55.8 Å². The topological polar surface area (TPSA) is 68.5 Å². The number of fused-ring (bicyclic) bond motifs is 3. The molecule has 4 heterocycles. The van der Waals surface area contributed by atoms with Gasteiger partial charge in [-0.3, -0.25) is 14.1 Å². The number of halogens is 2. The Hall–Kier alpha value is -3.18. The zero-order valence-electron chi connectivity index (χ0n) is 21.4. The Morgan fingerprint density at radius 1 is 1.21 bits per heavy atom. The van der Waals surface area contributed by atoms with Crippen LogP contribution < -0.4 is 9.47 Å². The van der Waals surface area contributed by atoms with Gasteiger partial charge in [-0.25, -0.2) is 9.37 Å². The van der Waals surface area contributed by atoms with Crippen LogP contribution in [0.5, 0.6) is 11.5 Å². The number of carbonyl (C=O) groups excluding carboxylic acids is 1. The highest BCUT2D eigenvalue weighted by Gasteiger charge is 2.37. The second-order valence-electron chi connectivity index (χ2n) is 9.57. The second-order valence-corrected chi connectivity index (χ2v) is 10.8. The number of hydrogen-bond acceptors (Lipinski definition) is 7. The first-order valence-corrected chi connectivity index (χ1v) is 14.1. The Morgan fingerprint density at radius 2 is 2.05 bits per heavy atom. The van der Waals surface area contributed by atoms with Crippen molar-refractivity contribution in [2.45, 2.75) is 19.0 Å². The number of carbonyl (C=O) groups is 1. The number of hydrogen-bond donors (Lipinski definition) is 0. The number of aromatic nitrogens is 2. The Balaban J connectivity index is 1.23. The van der Waals surface area contributed by atoms with Crippen LogP contribution in [0.1, 0.15) is 28.6 Å². The Bertz CT molecular complexity index is 1500. The minimum atomic E-state index is -0.660. The van der Waals surface area contributed by atoms with E-state index >= 15 is 4.39 Å². The van der Waals surface area contributed by atoms with E-state index < -0.39 is 11.9 Å². The number of amides is 1. The number of benzene rings is 2. The van der Waals surface area contributed by atoms with E-state index in [0.29, 0.717) is 35.1 Å². The molecule has 1 amide bonds. The SMILES string of the molecule is COc1ccc(C2c3c(nc4sccn34)CCN2C(=O)COc2ccc(CN3CCOCC3)cc2Cl)c(F)c1. The van der Waals surface area contributed by atoms with Crippen LogP contribution in [0.3, 0.4) is 0 Å². The molecule has 0 aliphatic carbocycles. The summed E-state index contributed by atoms with van der Waals surface area (Å²) >= 11 is 8.04. The summed E-state index contributed by atoms with van der Waals surface area (Å²) < 4.78 is 33.8. The van der Waals surface area contributed by atoms with Crippen molar-refractivity contribution < 1.29 is 23.4 Å². The summed E-state index contributed by atoms with van der Waals surface area (Å²) in [5.41, 5.74) is 3.11. The fourth-order valence-corrected chi connectivity index (χ4v) is 6.26. The van der Waals surface area contributed by atoms with Crippen molar-refractivity contribution in [1.82, 2.24) is 19.2 Å². The number of thiazole rings is 1. The summed E-state index contributed by atoms with van der Waals surface area (Å²) in [6.07, 6.45) is 2.48. The average Bonchev–Trinajstić information content (AvgIpc) is 3.54. The molecule has 8 nitrogen and oxygen atoms in total. The van der Waals surface area contributed by atoms with Crippen LogP contribution in [0.4, 0.5) is 4.39 Å². The Kier molecular flexibility index (Phi) is 7.44. The lowest BCUT2D eigenvalue weighted by Crippen LogP contribution is -2.43. The predicted molar refractivity (Wildman–Crippen MR) is 146 cm³/mol. The van der Waals surface area contributed by atoms with E-state index in [4.69, 9.17) is 30.8 Å². The Labute approximate surface area is 234 Å². The summed E-state index contributed by atoms with van der Waals surface area (Å²) in [6, 6.07) is 9.69. The van der Waals surface area contributed by atoms with Gasteiger partial charge in [0.2, 0.25) is 0 Å². The lowest BCUT2D eigenvalue weighted by Gasteiger charge is -2.36. The van der Waals surface area contributed by atoms with Crippen LogP contribution in [-0.2, 0) is 22.5 Å². The maximum atomic E-state index is 15.4. The molecule has 1 saturated heterocycles. The molecular formula is C28H28ClFN4O4S. The van der Waals surface area contributed by atoms with Gasteiger partial charge in [-0.1, -0.05) is 17.7 Å². The van der Waals surface area contributed by atoms with E-state index in [1.54, 1.807) is 23.1 Å². The molecule has 0 saturated carbocycles. The highest BCUT2D eigenvalue weighted by atomic mass is 35.5. The second kappa shape index (κ2) is 11.1. The van der Waals surface area contributed by atoms with E-state index in [0.717, 1.165) is 54.8 Å². The van der Waals surface area contributed by atoms with E-state index in [-0.39, 0.29) is 12.5 Å². The van der Waals surface area contributed by atoms with Crippen molar-refractivity contribution >= 4 is 33.8 Å². The fraction of sp³-hybridized carbons (Fsp3) is 0.357. The molecule has 1 fully saturated rings. The van der Waals surface area contributed by atoms with Crippen molar-refractivity contribution in [3.8, 4) is 11.5 Å². The quantitative estimate of drug-likeness (QED) is 0.324. The fourth-order valence-electron chi connectivity index (χ4n) is 5.26. The maximum Gasteiger partial charge on any atom is 0.261 e. The zero-order chi connectivity index (χ0) is 26.9. The molecule has 0 N–H and O–H groups in total. The van der Waals surface area contributed by atoms with Crippen molar-refractivity contribution in [3.63, 3.8) is 0 Å². The lowest BCUT2D eigenvalue weighted by atomic mass is 9.94. The number of imidazole rings is 1. The molecule has 2 aromatic carbocycles. The number of rotatable bonds is 7. The van der Waals surface area contributed by atoms with Crippen LogP contribution >= 0.6 is 22.9 Å². The van der Waals surface area contributed by atoms with E-state index in [1.807, 2.05) is 28.1 Å². The largest absolute Gasteiger partial charge is 0.497 e. The van der Waals surface area contributed by atoms with E-state index in [9.17, 15) is 4.79 Å². The first-order valence-electron chi connectivity index (χ1n) is 12.8. The van der Waals surface area contributed by atoms with Crippen LogP contribution in [0.25, 0.3) is 4.96 Å². The monoisotopic (exact) mass is 570 g/mol. The van der Waals surface area contributed by atoms with Gasteiger partial charge in [0.15, 0.2) is 11.6 Å². The van der Waals surface area contributed by atoms with Crippen LogP contribution in [0.2, 0.25) is 5.02 Å². The molecule has 204 valence electrons. The van der Waals surface area contributed by atoms with Gasteiger partial charge in [-0.05, 0) is 29.8 Å². The highest BCUT2D eigenvalue weighted by molar-refractivity contribution is 7.15. The summed E-state index contributed by atoms with van der Waals surface area (Å²) in [5.74, 6) is 0.133. The molecule has 1 atom stereocenters. The highest BCUT2D eigenvalue weighted by Crippen LogP contribution is 2.38. The molecular weight excluding hydrogens is 543 g/mol. The van der Waals surface area contributed by atoms with E-state index in [1.165, 1.54) is 24.5 Å².